The van der Waals surface area contributed by atoms with Gasteiger partial charge in [0.1, 0.15) is 0 Å². The van der Waals surface area contributed by atoms with Gasteiger partial charge in [0.15, 0.2) is 0 Å². The van der Waals surface area contributed by atoms with Gasteiger partial charge >= 0.3 is 5.69 Å². The van der Waals surface area contributed by atoms with Crippen molar-refractivity contribution in [1.29, 1.82) is 0 Å². The fraction of sp³-hybridized carbons (Fsp3) is 0.167. The molecule has 0 bridgehead atoms. The van der Waals surface area contributed by atoms with Crippen LogP contribution in [0.15, 0.2) is 6.20 Å². The molecule has 0 atom stereocenters. The van der Waals surface area contributed by atoms with Crippen molar-refractivity contribution >= 4 is 5.69 Å². The summed E-state index contributed by atoms with van der Waals surface area (Å²) < 4.78 is 29.7. The van der Waals surface area contributed by atoms with Crippen LogP contribution in [0.3, 0.4) is 0 Å². The van der Waals surface area contributed by atoms with E-state index in [4.69, 9.17) is 0 Å². The highest BCUT2D eigenvalue weighted by atomic mass is 19.1. The zero-order chi connectivity index (χ0) is 10.0. The number of methoxy groups -OCH3 is 1. The van der Waals surface area contributed by atoms with Gasteiger partial charge in [-0.2, -0.15) is 8.78 Å². The third-order valence-electron chi connectivity index (χ3n) is 1.31. The van der Waals surface area contributed by atoms with E-state index in [0.717, 1.165) is 7.11 Å². The number of nitrogens with zero attached hydrogens (tertiary/aromatic N) is 2. The number of ether oxygens (including phenoxy) is 1. The monoisotopic (exact) mass is 190 g/mol. The molecule has 0 unspecified atom stereocenters. The standard InChI is InChI=1S/C6H4F2N2O3/c1-13-5-4(10(11)12)3(7)2-9-6(5)8/h2H,1H3. The topological polar surface area (TPSA) is 65.3 Å². The molecule has 0 aliphatic heterocycles. The quantitative estimate of drug-likeness (QED) is 0.400. The Morgan fingerprint density at radius 3 is 2.62 bits per heavy atom. The average molecular weight is 190 g/mol. The van der Waals surface area contributed by atoms with Crippen molar-refractivity contribution in [3.05, 3.63) is 28.1 Å². The normalized spacial score (nSPS) is 9.77. The number of aromatic nitrogens is 1. The highest BCUT2D eigenvalue weighted by Gasteiger charge is 2.25. The summed E-state index contributed by atoms with van der Waals surface area (Å²) in [6.45, 7) is 0. The van der Waals surface area contributed by atoms with Crippen molar-refractivity contribution in [3.8, 4) is 5.75 Å². The van der Waals surface area contributed by atoms with E-state index in [1.165, 1.54) is 0 Å². The number of hydrogen-bond donors (Lipinski definition) is 0. The van der Waals surface area contributed by atoms with E-state index in [0.29, 0.717) is 6.20 Å². The van der Waals surface area contributed by atoms with Gasteiger partial charge in [-0.1, -0.05) is 0 Å². The van der Waals surface area contributed by atoms with Gasteiger partial charge in [0, 0.05) is 0 Å². The van der Waals surface area contributed by atoms with Crippen molar-refractivity contribution in [2.24, 2.45) is 0 Å². The lowest BCUT2D eigenvalue weighted by Gasteiger charge is -2.01. The maximum absolute atomic E-state index is 12.7. The maximum Gasteiger partial charge on any atom is 0.352 e. The molecule has 0 saturated carbocycles. The van der Waals surface area contributed by atoms with E-state index < -0.39 is 28.1 Å². The summed E-state index contributed by atoms with van der Waals surface area (Å²) in [5.74, 6) is -3.25. The summed E-state index contributed by atoms with van der Waals surface area (Å²) in [5, 5.41) is 10.2. The first-order valence-electron chi connectivity index (χ1n) is 3.10. The van der Waals surface area contributed by atoms with Gasteiger partial charge in [-0.15, -0.1) is 0 Å². The van der Waals surface area contributed by atoms with E-state index in [1.807, 2.05) is 0 Å². The van der Waals surface area contributed by atoms with Gasteiger partial charge in [-0.05, 0) is 0 Å². The molecule has 13 heavy (non-hydrogen) atoms. The minimum absolute atomic E-state index is 0.427. The average Bonchev–Trinajstić information content (AvgIpc) is 2.07. The molecule has 0 fully saturated rings. The number of halogens is 2. The number of pyridine rings is 1. The van der Waals surface area contributed by atoms with E-state index in [2.05, 4.69) is 9.72 Å². The van der Waals surface area contributed by atoms with Crippen LogP contribution < -0.4 is 4.74 Å². The Hall–Kier alpha value is -1.79. The molecule has 0 N–H and O–H groups in total. The molecule has 0 aliphatic rings. The lowest BCUT2D eigenvalue weighted by Crippen LogP contribution is -2.01. The lowest BCUT2D eigenvalue weighted by molar-refractivity contribution is -0.388. The van der Waals surface area contributed by atoms with Gasteiger partial charge < -0.3 is 4.74 Å². The molecule has 1 aromatic rings. The third-order valence-corrected chi connectivity index (χ3v) is 1.31. The van der Waals surface area contributed by atoms with Crippen LogP contribution in [0.25, 0.3) is 0 Å². The van der Waals surface area contributed by atoms with Gasteiger partial charge in [-0.3, -0.25) is 10.1 Å². The van der Waals surface area contributed by atoms with Crippen LogP contribution in [0.5, 0.6) is 5.75 Å². The second-order valence-corrected chi connectivity index (χ2v) is 2.04. The first kappa shape index (κ1) is 9.30. The molecule has 0 amide bonds. The lowest BCUT2D eigenvalue weighted by atomic mass is 10.3. The van der Waals surface area contributed by atoms with Crippen molar-refractivity contribution in [1.82, 2.24) is 4.98 Å². The summed E-state index contributed by atoms with van der Waals surface area (Å²) in [5.41, 5.74) is -1.05. The summed E-state index contributed by atoms with van der Waals surface area (Å²) in [4.78, 5) is 12.1. The molecule has 5 nitrogen and oxygen atoms in total. The first-order valence-corrected chi connectivity index (χ1v) is 3.10. The second kappa shape index (κ2) is 3.30. The maximum atomic E-state index is 12.7. The van der Waals surface area contributed by atoms with Crippen molar-refractivity contribution < 1.29 is 18.4 Å². The molecular weight excluding hydrogens is 186 g/mol. The van der Waals surface area contributed by atoms with E-state index >= 15 is 0 Å². The Kier molecular flexibility index (Phi) is 2.36. The summed E-state index contributed by atoms with van der Waals surface area (Å²) in [6, 6.07) is 0. The van der Waals surface area contributed by atoms with Crippen LogP contribution in [0, 0.1) is 21.9 Å². The fourth-order valence-electron chi connectivity index (χ4n) is 0.790. The Bertz CT molecular complexity index is 356. The Balaban J connectivity index is 3.43. The van der Waals surface area contributed by atoms with Gasteiger partial charge in [0.2, 0.25) is 5.82 Å². The molecule has 0 spiro atoms. The highest BCUT2D eigenvalue weighted by molar-refractivity contribution is 5.45. The minimum Gasteiger partial charge on any atom is -0.487 e. The first-order chi connectivity index (χ1) is 6.07. The van der Waals surface area contributed by atoms with Gasteiger partial charge in [0.25, 0.3) is 11.7 Å². The van der Waals surface area contributed by atoms with E-state index in [1.54, 1.807) is 0 Å². The zero-order valence-corrected chi connectivity index (χ0v) is 6.45. The Morgan fingerprint density at radius 2 is 2.23 bits per heavy atom. The third kappa shape index (κ3) is 1.53. The van der Waals surface area contributed by atoms with Gasteiger partial charge in [-0.25, -0.2) is 4.98 Å². The van der Waals surface area contributed by atoms with Crippen molar-refractivity contribution in [3.63, 3.8) is 0 Å². The summed E-state index contributed by atoms with van der Waals surface area (Å²) in [7, 11) is 0.993. The molecule has 1 aromatic heterocycles. The summed E-state index contributed by atoms with van der Waals surface area (Å²) in [6.07, 6.45) is 0.427. The van der Waals surface area contributed by atoms with Crippen molar-refractivity contribution in [2.75, 3.05) is 7.11 Å². The molecule has 70 valence electrons. The SMILES string of the molecule is COc1c(F)ncc(F)c1[N+](=O)[O-]. The van der Waals surface area contributed by atoms with Crippen LogP contribution in [0.4, 0.5) is 14.5 Å². The second-order valence-electron chi connectivity index (χ2n) is 2.04. The Morgan fingerprint density at radius 1 is 1.62 bits per heavy atom. The molecule has 1 rings (SSSR count). The summed E-state index contributed by atoms with van der Waals surface area (Å²) >= 11 is 0. The van der Waals surface area contributed by atoms with E-state index in [9.17, 15) is 18.9 Å². The molecule has 0 aliphatic carbocycles. The minimum atomic E-state index is -1.23. The van der Waals surface area contributed by atoms with Crippen LogP contribution in [-0.2, 0) is 0 Å². The fourth-order valence-corrected chi connectivity index (χ4v) is 0.790. The number of hydrogen-bond acceptors (Lipinski definition) is 4. The highest BCUT2D eigenvalue weighted by Crippen LogP contribution is 2.30. The smallest absolute Gasteiger partial charge is 0.352 e. The number of rotatable bonds is 2. The predicted octanol–water partition coefficient (Wildman–Crippen LogP) is 1.28. The molecule has 7 heteroatoms. The molecular formula is C6H4F2N2O3. The van der Waals surface area contributed by atoms with Crippen LogP contribution in [-0.4, -0.2) is 17.0 Å². The van der Waals surface area contributed by atoms with E-state index in [-0.39, 0.29) is 0 Å². The largest absolute Gasteiger partial charge is 0.487 e. The molecule has 0 radical (unpaired) electrons. The molecule has 0 aromatic carbocycles. The zero-order valence-electron chi connectivity index (χ0n) is 6.45. The Labute approximate surface area is 71.1 Å². The van der Waals surface area contributed by atoms with Crippen LogP contribution in [0.1, 0.15) is 0 Å². The predicted molar refractivity (Wildman–Crippen MR) is 37.4 cm³/mol. The molecule has 1 heterocycles. The molecule has 0 saturated heterocycles. The van der Waals surface area contributed by atoms with Crippen molar-refractivity contribution in [2.45, 2.75) is 0 Å². The van der Waals surface area contributed by atoms with Crippen LogP contribution >= 0.6 is 0 Å². The van der Waals surface area contributed by atoms with Crippen LogP contribution in [0.2, 0.25) is 0 Å². The number of nitro groups is 1. The van der Waals surface area contributed by atoms with Gasteiger partial charge in [0.05, 0.1) is 18.2 Å².